The van der Waals surface area contributed by atoms with E-state index in [0.717, 1.165) is 0 Å². The minimum Gasteiger partial charge on any atom is -0.322 e. The zero-order valence-electron chi connectivity index (χ0n) is 8.18. The molecule has 0 saturated carbocycles. The fraction of sp³-hybridized carbons (Fsp3) is 0.600. The van der Waals surface area contributed by atoms with E-state index in [4.69, 9.17) is 5.73 Å². The van der Waals surface area contributed by atoms with Gasteiger partial charge in [-0.25, -0.2) is 0 Å². The molecule has 0 aliphatic carbocycles. The molecule has 1 saturated heterocycles. The minimum absolute atomic E-state index is 0.225. The van der Waals surface area contributed by atoms with Crippen molar-refractivity contribution in [3.63, 3.8) is 0 Å². The van der Waals surface area contributed by atoms with Crippen molar-refractivity contribution in [2.45, 2.75) is 23.5 Å². The molecule has 3 unspecified atom stereocenters. The largest absolute Gasteiger partial charge is 0.322 e. The predicted molar refractivity (Wildman–Crippen MR) is 69.4 cm³/mol. The summed E-state index contributed by atoms with van der Waals surface area (Å²) in [6.45, 7) is 2.30. The summed E-state index contributed by atoms with van der Waals surface area (Å²) in [5, 5.41) is 3.39. The molecule has 1 aliphatic rings. The van der Waals surface area contributed by atoms with Crippen LogP contribution in [0.15, 0.2) is 17.5 Å². The quantitative estimate of drug-likeness (QED) is 0.867. The van der Waals surface area contributed by atoms with Gasteiger partial charge in [-0.2, -0.15) is 23.5 Å². The lowest BCUT2D eigenvalue weighted by atomic mass is 10.1. The number of hydrogen-bond donors (Lipinski definition) is 1. The van der Waals surface area contributed by atoms with Gasteiger partial charge in [0.2, 0.25) is 0 Å². The molecule has 0 spiro atoms. The Labute approximate surface area is 97.8 Å². The molecule has 4 heteroatoms. The zero-order valence-corrected chi connectivity index (χ0v) is 10.6. The molecule has 2 heterocycles. The lowest BCUT2D eigenvalue weighted by Gasteiger charge is -2.31. The Kier molecular flexibility index (Phi) is 3.82. The summed E-state index contributed by atoms with van der Waals surface area (Å²) in [5.41, 5.74) is 6.28. The van der Waals surface area contributed by atoms with Gasteiger partial charge in [0.05, 0.1) is 6.04 Å². The molecule has 0 radical (unpaired) electrons. The number of thiophene rings is 1. The average molecular weight is 245 g/mol. The molecule has 1 aromatic heterocycles. The van der Waals surface area contributed by atoms with E-state index >= 15 is 0 Å². The Hall–Kier alpha value is 0.360. The molecule has 1 nitrogen and oxygen atoms in total. The first-order valence-corrected chi connectivity index (χ1v) is 7.79. The monoisotopic (exact) mass is 245 g/mol. The maximum atomic E-state index is 6.28. The van der Waals surface area contributed by atoms with Gasteiger partial charge in [-0.3, -0.25) is 0 Å². The van der Waals surface area contributed by atoms with Gasteiger partial charge in [-0.15, -0.1) is 11.3 Å². The zero-order chi connectivity index (χ0) is 9.97. The van der Waals surface area contributed by atoms with E-state index in [0.29, 0.717) is 10.5 Å². The van der Waals surface area contributed by atoms with Gasteiger partial charge in [-0.05, 0) is 11.4 Å². The highest BCUT2D eigenvalue weighted by Gasteiger charge is 2.29. The lowest BCUT2D eigenvalue weighted by Crippen LogP contribution is -2.33. The van der Waals surface area contributed by atoms with Gasteiger partial charge in [0.25, 0.3) is 0 Å². The van der Waals surface area contributed by atoms with Crippen molar-refractivity contribution >= 4 is 34.9 Å². The molecule has 3 atom stereocenters. The molecule has 78 valence electrons. The van der Waals surface area contributed by atoms with E-state index in [1.807, 2.05) is 11.8 Å². The van der Waals surface area contributed by atoms with Crippen molar-refractivity contribution in [1.82, 2.24) is 0 Å². The minimum atomic E-state index is 0.225. The van der Waals surface area contributed by atoms with Gasteiger partial charge in [0.1, 0.15) is 0 Å². The maximum Gasteiger partial charge on any atom is 0.0521 e. The summed E-state index contributed by atoms with van der Waals surface area (Å²) < 4.78 is 0. The third-order valence-electron chi connectivity index (χ3n) is 2.46. The van der Waals surface area contributed by atoms with Crippen LogP contribution < -0.4 is 5.73 Å². The Morgan fingerprint density at radius 2 is 2.21 bits per heavy atom. The van der Waals surface area contributed by atoms with E-state index in [1.54, 1.807) is 11.3 Å². The molecule has 0 aromatic carbocycles. The maximum absolute atomic E-state index is 6.28. The van der Waals surface area contributed by atoms with Crippen LogP contribution in [0.1, 0.15) is 17.8 Å². The predicted octanol–water partition coefficient (Wildman–Crippen LogP) is 2.99. The van der Waals surface area contributed by atoms with E-state index in [2.05, 4.69) is 36.2 Å². The van der Waals surface area contributed by atoms with Crippen LogP contribution in [0.5, 0.6) is 0 Å². The van der Waals surface area contributed by atoms with Crippen LogP contribution in [-0.2, 0) is 0 Å². The van der Waals surface area contributed by atoms with Crippen LogP contribution in [0.2, 0.25) is 0 Å². The van der Waals surface area contributed by atoms with Crippen LogP contribution in [0.4, 0.5) is 0 Å². The Morgan fingerprint density at radius 3 is 2.86 bits per heavy atom. The van der Waals surface area contributed by atoms with Crippen LogP contribution in [0.3, 0.4) is 0 Å². The van der Waals surface area contributed by atoms with Crippen molar-refractivity contribution in [3.05, 3.63) is 22.4 Å². The molecule has 1 aromatic rings. The second-order valence-electron chi connectivity index (χ2n) is 3.45. The van der Waals surface area contributed by atoms with Gasteiger partial charge >= 0.3 is 0 Å². The fourth-order valence-corrected chi connectivity index (χ4v) is 5.42. The summed E-state index contributed by atoms with van der Waals surface area (Å²) in [7, 11) is 0. The summed E-state index contributed by atoms with van der Waals surface area (Å²) in [4.78, 5) is 1.33. The third-order valence-corrected chi connectivity index (χ3v) is 6.65. The highest BCUT2D eigenvalue weighted by atomic mass is 32.2. The molecule has 1 fully saturated rings. The smallest absolute Gasteiger partial charge is 0.0521 e. The normalized spacial score (nSPS) is 30.1. The van der Waals surface area contributed by atoms with Gasteiger partial charge in [-0.1, -0.05) is 13.0 Å². The van der Waals surface area contributed by atoms with Crippen LogP contribution >= 0.6 is 34.9 Å². The van der Waals surface area contributed by atoms with E-state index in [1.165, 1.54) is 16.4 Å². The Morgan fingerprint density at radius 1 is 1.43 bits per heavy atom. The van der Waals surface area contributed by atoms with Crippen molar-refractivity contribution in [2.24, 2.45) is 5.73 Å². The van der Waals surface area contributed by atoms with Crippen LogP contribution in [0, 0.1) is 0 Å². The topological polar surface area (TPSA) is 26.0 Å². The molecule has 1 aliphatic heterocycles. The first-order valence-electron chi connectivity index (χ1n) is 4.81. The molecule has 0 bridgehead atoms. The molecule has 0 amide bonds. The fourth-order valence-electron chi connectivity index (χ4n) is 1.69. The van der Waals surface area contributed by atoms with Crippen molar-refractivity contribution in [2.75, 3.05) is 11.5 Å². The SMILES string of the molecule is CC1SCCSC1C(N)c1cccs1. The average Bonchev–Trinajstić information content (AvgIpc) is 2.70. The van der Waals surface area contributed by atoms with Crippen molar-refractivity contribution < 1.29 is 0 Å². The lowest BCUT2D eigenvalue weighted by molar-refractivity contribution is 0.674. The summed E-state index contributed by atoms with van der Waals surface area (Å²) in [5.74, 6) is 2.53. The third kappa shape index (κ3) is 2.30. The number of thioether (sulfide) groups is 2. The van der Waals surface area contributed by atoms with Gasteiger partial charge < -0.3 is 5.73 Å². The molecule has 2 N–H and O–H groups in total. The Bertz CT molecular complexity index is 273. The van der Waals surface area contributed by atoms with E-state index in [9.17, 15) is 0 Å². The van der Waals surface area contributed by atoms with Crippen LogP contribution in [0.25, 0.3) is 0 Å². The summed E-state index contributed by atoms with van der Waals surface area (Å²) in [6.07, 6.45) is 0. The van der Waals surface area contributed by atoms with E-state index in [-0.39, 0.29) is 6.04 Å². The first-order chi connectivity index (χ1) is 6.79. The van der Waals surface area contributed by atoms with Gasteiger partial charge in [0, 0.05) is 26.9 Å². The standard InChI is InChI=1S/C10H15NS3/c1-7-10(14-6-5-12-7)9(11)8-3-2-4-13-8/h2-4,7,9-10H,5-6,11H2,1H3. The first kappa shape index (κ1) is 10.9. The number of hydrogen-bond acceptors (Lipinski definition) is 4. The van der Waals surface area contributed by atoms with Crippen molar-refractivity contribution in [1.29, 1.82) is 0 Å². The molecular formula is C10H15NS3. The highest BCUT2D eigenvalue weighted by Crippen LogP contribution is 2.38. The Balaban J connectivity index is 2.06. The van der Waals surface area contributed by atoms with Crippen molar-refractivity contribution in [3.8, 4) is 0 Å². The molecule has 2 rings (SSSR count). The number of rotatable bonds is 2. The van der Waals surface area contributed by atoms with Crippen LogP contribution in [-0.4, -0.2) is 22.0 Å². The van der Waals surface area contributed by atoms with E-state index < -0.39 is 0 Å². The molecular weight excluding hydrogens is 230 g/mol. The second-order valence-corrected chi connectivity index (χ2v) is 7.20. The highest BCUT2D eigenvalue weighted by molar-refractivity contribution is 8.07. The summed E-state index contributed by atoms with van der Waals surface area (Å²) in [6, 6.07) is 4.47. The molecule has 14 heavy (non-hydrogen) atoms. The van der Waals surface area contributed by atoms with Gasteiger partial charge in [0.15, 0.2) is 0 Å². The number of nitrogens with two attached hydrogens (primary N) is 1. The summed E-state index contributed by atoms with van der Waals surface area (Å²) >= 11 is 5.87. The second kappa shape index (κ2) is 4.92.